The molecule has 134 valence electrons. The van der Waals surface area contributed by atoms with Gasteiger partial charge in [0.2, 0.25) is 10.0 Å². The van der Waals surface area contributed by atoms with Gasteiger partial charge in [-0.05, 0) is 24.6 Å². The molecule has 0 N–H and O–H groups in total. The summed E-state index contributed by atoms with van der Waals surface area (Å²) >= 11 is 0. The van der Waals surface area contributed by atoms with Crippen molar-refractivity contribution in [3.05, 3.63) is 83.2 Å². The summed E-state index contributed by atoms with van der Waals surface area (Å²) in [7, 11) is -3.47. The molecule has 0 radical (unpaired) electrons. The van der Waals surface area contributed by atoms with E-state index >= 15 is 0 Å². The molecule has 0 unspecified atom stereocenters. The predicted octanol–water partition coefficient (Wildman–Crippen LogP) is 2.99. The summed E-state index contributed by atoms with van der Waals surface area (Å²) < 4.78 is 29.3. The fourth-order valence-electron chi connectivity index (χ4n) is 3.33. The first-order valence-corrected chi connectivity index (χ1v) is 10.1. The largest absolute Gasteiger partial charge is 0.265 e. The minimum absolute atomic E-state index is 0.350. The number of sulfonamides is 1. The molecule has 0 fully saturated rings. The molecule has 1 aromatic heterocycles. The van der Waals surface area contributed by atoms with Gasteiger partial charge in [-0.2, -0.15) is 9.40 Å². The first kappa shape index (κ1) is 17.0. The van der Waals surface area contributed by atoms with E-state index in [2.05, 4.69) is 17.2 Å². The van der Waals surface area contributed by atoms with E-state index in [0.717, 1.165) is 16.8 Å². The first-order valence-electron chi connectivity index (χ1n) is 8.68. The summed E-state index contributed by atoms with van der Waals surface area (Å²) in [5, 5.41) is 4.49. The maximum absolute atomic E-state index is 12.9. The molecule has 6 heteroatoms. The number of hydrogen-bond donors (Lipinski definition) is 0. The highest BCUT2D eigenvalue weighted by Gasteiger charge is 2.30. The minimum Gasteiger partial charge on any atom is -0.265 e. The molecule has 4 rings (SSSR count). The van der Waals surface area contributed by atoms with Crippen molar-refractivity contribution in [2.75, 3.05) is 6.54 Å². The van der Waals surface area contributed by atoms with Crippen LogP contribution in [0.5, 0.6) is 0 Å². The van der Waals surface area contributed by atoms with Crippen molar-refractivity contribution in [1.82, 2.24) is 14.1 Å². The Labute approximate surface area is 153 Å². The summed E-state index contributed by atoms with van der Waals surface area (Å²) in [5.74, 6) is 0. The molecule has 0 atom stereocenters. The summed E-state index contributed by atoms with van der Waals surface area (Å²) in [4.78, 5) is 0.350. The Morgan fingerprint density at radius 1 is 1.04 bits per heavy atom. The molecule has 1 aliphatic rings. The maximum Gasteiger partial charge on any atom is 0.243 e. The second-order valence-electron chi connectivity index (χ2n) is 6.66. The van der Waals surface area contributed by atoms with E-state index in [9.17, 15) is 8.42 Å². The molecule has 0 bridgehead atoms. The predicted molar refractivity (Wildman–Crippen MR) is 100 cm³/mol. The SMILES string of the molecule is Cc1ccc(S(=O)(=O)N2CCc3c(cnn3Cc3ccccc3)C2)cc1. The Hall–Kier alpha value is -2.44. The van der Waals surface area contributed by atoms with Gasteiger partial charge in [-0.3, -0.25) is 4.68 Å². The Kier molecular flexibility index (Phi) is 4.38. The number of fused-ring (bicyclic) bond motifs is 1. The van der Waals surface area contributed by atoms with Gasteiger partial charge in [0.25, 0.3) is 0 Å². The van der Waals surface area contributed by atoms with Crippen LogP contribution in [0.2, 0.25) is 0 Å². The Bertz CT molecular complexity index is 1010. The van der Waals surface area contributed by atoms with Crippen molar-refractivity contribution in [3.8, 4) is 0 Å². The highest BCUT2D eigenvalue weighted by atomic mass is 32.2. The topological polar surface area (TPSA) is 55.2 Å². The molecule has 0 saturated carbocycles. The van der Waals surface area contributed by atoms with Crippen molar-refractivity contribution in [2.24, 2.45) is 0 Å². The molecule has 0 aliphatic carbocycles. The van der Waals surface area contributed by atoms with Crippen LogP contribution in [0.25, 0.3) is 0 Å². The van der Waals surface area contributed by atoms with Crippen LogP contribution in [0, 0.1) is 6.92 Å². The van der Waals surface area contributed by atoms with E-state index in [1.807, 2.05) is 41.9 Å². The van der Waals surface area contributed by atoms with Crippen LogP contribution in [-0.4, -0.2) is 29.0 Å². The minimum atomic E-state index is -3.47. The van der Waals surface area contributed by atoms with Gasteiger partial charge in [-0.1, -0.05) is 48.0 Å². The quantitative estimate of drug-likeness (QED) is 0.712. The Morgan fingerprint density at radius 2 is 1.77 bits per heavy atom. The van der Waals surface area contributed by atoms with Crippen molar-refractivity contribution >= 4 is 10.0 Å². The standard InChI is InChI=1S/C20H21N3O2S/c1-16-7-9-19(10-8-16)26(24,25)22-12-11-20-18(15-22)13-21-23(20)14-17-5-3-2-4-6-17/h2-10,13H,11-12,14-15H2,1H3. The van der Waals surface area contributed by atoms with E-state index < -0.39 is 10.0 Å². The van der Waals surface area contributed by atoms with Gasteiger partial charge < -0.3 is 0 Å². The lowest BCUT2D eigenvalue weighted by atomic mass is 10.1. The van der Waals surface area contributed by atoms with Gasteiger partial charge in [-0.25, -0.2) is 8.42 Å². The van der Waals surface area contributed by atoms with Crippen LogP contribution in [0.1, 0.15) is 22.4 Å². The van der Waals surface area contributed by atoms with Gasteiger partial charge in [-0.15, -0.1) is 0 Å². The van der Waals surface area contributed by atoms with Gasteiger partial charge in [0.1, 0.15) is 0 Å². The number of rotatable bonds is 4. The molecule has 2 aromatic carbocycles. The van der Waals surface area contributed by atoms with Gasteiger partial charge in [0, 0.05) is 30.8 Å². The molecule has 1 aliphatic heterocycles. The van der Waals surface area contributed by atoms with Crippen LogP contribution in [-0.2, 0) is 29.5 Å². The number of nitrogens with zero attached hydrogens (tertiary/aromatic N) is 3. The molecule has 0 saturated heterocycles. The van der Waals surface area contributed by atoms with E-state index in [-0.39, 0.29) is 0 Å². The molecule has 26 heavy (non-hydrogen) atoms. The Morgan fingerprint density at radius 3 is 2.50 bits per heavy atom. The fourth-order valence-corrected chi connectivity index (χ4v) is 4.75. The number of hydrogen-bond acceptors (Lipinski definition) is 3. The van der Waals surface area contributed by atoms with E-state index in [0.29, 0.717) is 31.0 Å². The monoisotopic (exact) mass is 367 g/mol. The van der Waals surface area contributed by atoms with Gasteiger partial charge in [0.15, 0.2) is 0 Å². The van der Waals surface area contributed by atoms with Gasteiger partial charge >= 0.3 is 0 Å². The van der Waals surface area contributed by atoms with E-state index in [1.54, 1.807) is 22.6 Å². The van der Waals surface area contributed by atoms with Crippen molar-refractivity contribution < 1.29 is 8.42 Å². The number of aromatic nitrogens is 2. The lowest BCUT2D eigenvalue weighted by Crippen LogP contribution is -2.36. The second-order valence-corrected chi connectivity index (χ2v) is 8.60. The zero-order valence-corrected chi connectivity index (χ0v) is 15.5. The Balaban J connectivity index is 1.56. The molecule has 2 heterocycles. The third kappa shape index (κ3) is 3.18. The van der Waals surface area contributed by atoms with Gasteiger partial charge in [0.05, 0.1) is 17.6 Å². The average Bonchev–Trinajstić information content (AvgIpc) is 3.05. The number of benzene rings is 2. The van der Waals surface area contributed by atoms with Crippen LogP contribution in [0.4, 0.5) is 0 Å². The third-order valence-electron chi connectivity index (χ3n) is 4.81. The highest BCUT2D eigenvalue weighted by molar-refractivity contribution is 7.89. The zero-order valence-electron chi connectivity index (χ0n) is 14.7. The van der Waals surface area contributed by atoms with Crippen LogP contribution < -0.4 is 0 Å². The molecule has 0 amide bonds. The van der Waals surface area contributed by atoms with Crippen LogP contribution >= 0.6 is 0 Å². The normalized spacial score (nSPS) is 15.0. The lowest BCUT2D eigenvalue weighted by Gasteiger charge is -2.26. The zero-order chi connectivity index (χ0) is 18.1. The maximum atomic E-state index is 12.9. The van der Waals surface area contributed by atoms with E-state index in [4.69, 9.17) is 0 Å². The number of aryl methyl sites for hydroxylation is 1. The van der Waals surface area contributed by atoms with Crippen molar-refractivity contribution in [1.29, 1.82) is 0 Å². The summed E-state index contributed by atoms with van der Waals surface area (Å²) in [6.45, 7) is 3.51. The average molecular weight is 367 g/mol. The molecular formula is C20H21N3O2S. The first-order chi connectivity index (χ1) is 12.5. The lowest BCUT2D eigenvalue weighted by molar-refractivity contribution is 0.384. The van der Waals surface area contributed by atoms with E-state index in [1.165, 1.54) is 5.56 Å². The molecular weight excluding hydrogens is 346 g/mol. The van der Waals surface area contributed by atoms with Crippen molar-refractivity contribution in [2.45, 2.75) is 31.3 Å². The van der Waals surface area contributed by atoms with Crippen molar-refractivity contribution in [3.63, 3.8) is 0 Å². The second kappa shape index (κ2) is 6.70. The summed E-state index contributed by atoms with van der Waals surface area (Å²) in [6, 6.07) is 17.2. The smallest absolute Gasteiger partial charge is 0.243 e. The third-order valence-corrected chi connectivity index (χ3v) is 6.67. The summed E-state index contributed by atoms with van der Waals surface area (Å²) in [5.41, 5.74) is 4.35. The highest BCUT2D eigenvalue weighted by Crippen LogP contribution is 2.25. The van der Waals surface area contributed by atoms with Crippen LogP contribution in [0.3, 0.4) is 0 Å². The fraction of sp³-hybridized carbons (Fsp3) is 0.250. The van der Waals surface area contributed by atoms with Crippen LogP contribution in [0.15, 0.2) is 65.7 Å². The molecule has 0 spiro atoms. The summed E-state index contributed by atoms with van der Waals surface area (Å²) in [6.07, 6.45) is 2.47. The molecule has 5 nitrogen and oxygen atoms in total. The molecule has 3 aromatic rings.